The van der Waals surface area contributed by atoms with Crippen molar-refractivity contribution in [1.82, 2.24) is 19.7 Å². The molecule has 28 heavy (non-hydrogen) atoms. The number of aromatic nitrogens is 3. The number of carbonyl (C=O) groups is 2. The number of piperidine rings is 1. The molecule has 0 radical (unpaired) electrons. The first-order chi connectivity index (χ1) is 13.5. The number of nitrogens with zero attached hydrogens (tertiary/aromatic N) is 4. The second-order valence-electron chi connectivity index (χ2n) is 7.13. The molecule has 1 aromatic carbocycles. The molecule has 2 atom stereocenters. The summed E-state index contributed by atoms with van der Waals surface area (Å²) in [5.41, 5.74) is 5.92. The molecule has 7 nitrogen and oxygen atoms in total. The molecular weight excluding hydrogens is 381 g/mol. The Morgan fingerprint density at radius 1 is 1.36 bits per heavy atom. The minimum Gasteiger partial charge on any atom is -0.369 e. The second kappa shape index (κ2) is 7.63. The van der Waals surface area contributed by atoms with Gasteiger partial charge in [-0.2, -0.15) is 4.68 Å². The minimum atomic E-state index is -0.539. The summed E-state index contributed by atoms with van der Waals surface area (Å²) in [5, 5.41) is 4.30. The van der Waals surface area contributed by atoms with Crippen LogP contribution in [0, 0.1) is 11.7 Å². The molecule has 3 heterocycles. The van der Waals surface area contributed by atoms with Gasteiger partial charge in [0.1, 0.15) is 11.1 Å². The number of hydrogen-bond acceptors (Lipinski definition) is 6. The van der Waals surface area contributed by atoms with Crippen molar-refractivity contribution in [2.24, 2.45) is 11.7 Å². The molecule has 0 aliphatic carbocycles. The lowest BCUT2D eigenvalue weighted by Gasteiger charge is -2.38. The number of halogens is 1. The molecule has 1 aromatic heterocycles. The number of aryl methyl sites for hydroxylation is 1. The lowest BCUT2D eigenvalue weighted by molar-refractivity contribution is -0.123. The topological polar surface area (TPSA) is 94.1 Å². The third-order valence-electron chi connectivity index (χ3n) is 5.46. The van der Waals surface area contributed by atoms with Crippen LogP contribution in [0.3, 0.4) is 0 Å². The molecule has 4 rings (SSSR count). The van der Waals surface area contributed by atoms with Gasteiger partial charge in [-0.1, -0.05) is 36.9 Å². The smallest absolute Gasteiger partial charge is 0.264 e. The molecule has 0 bridgehead atoms. The molecule has 0 spiro atoms. The summed E-state index contributed by atoms with van der Waals surface area (Å²) in [6.07, 6.45) is 1.86. The van der Waals surface area contributed by atoms with Crippen molar-refractivity contribution >= 4 is 23.6 Å². The van der Waals surface area contributed by atoms with E-state index in [1.165, 1.54) is 22.5 Å². The minimum absolute atomic E-state index is 0.173. The van der Waals surface area contributed by atoms with E-state index in [1.807, 2.05) is 6.92 Å². The first-order valence-electron chi connectivity index (χ1n) is 9.44. The molecule has 2 aliphatic heterocycles. The van der Waals surface area contributed by atoms with Crippen molar-refractivity contribution in [3.8, 4) is 0 Å². The van der Waals surface area contributed by atoms with Crippen LogP contribution in [-0.2, 0) is 11.2 Å². The van der Waals surface area contributed by atoms with Gasteiger partial charge >= 0.3 is 0 Å². The molecule has 148 valence electrons. The Morgan fingerprint density at radius 2 is 2.07 bits per heavy atom. The average Bonchev–Trinajstić information content (AvgIpc) is 3.23. The molecular formula is C19H22FN5O2S. The van der Waals surface area contributed by atoms with Gasteiger partial charge in [-0.3, -0.25) is 14.5 Å². The molecule has 2 aromatic rings. The molecule has 1 saturated heterocycles. The summed E-state index contributed by atoms with van der Waals surface area (Å²) in [6, 6.07) is 6.09. The summed E-state index contributed by atoms with van der Waals surface area (Å²) < 4.78 is 16.0. The number of hydrogen-bond donors (Lipinski definition) is 1. The van der Waals surface area contributed by atoms with E-state index < -0.39 is 11.3 Å². The maximum Gasteiger partial charge on any atom is 0.264 e. The van der Waals surface area contributed by atoms with E-state index in [4.69, 9.17) is 5.73 Å². The second-order valence-corrected chi connectivity index (χ2v) is 8.24. The monoisotopic (exact) mass is 403 g/mol. The van der Waals surface area contributed by atoms with E-state index in [2.05, 4.69) is 15.0 Å². The quantitative estimate of drug-likeness (QED) is 0.821. The summed E-state index contributed by atoms with van der Waals surface area (Å²) in [6.45, 7) is 3.09. The molecule has 2 N–H and O–H groups in total. The number of rotatable bonds is 5. The SMILES string of the molecule is CCc1nc2n(n1)C(=O)C(C(c1ccccc1F)N1CCC(C(N)=O)CC1)S2. The van der Waals surface area contributed by atoms with Crippen LogP contribution in [-0.4, -0.2) is 49.8 Å². The molecule has 1 amide bonds. The fourth-order valence-electron chi connectivity index (χ4n) is 3.92. The summed E-state index contributed by atoms with van der Waals surface area (Å²) in [5.74, 6) is -0.375. The van der Waals surface area contributed by atoms with E-state index >= 15 is 0 Å². The van der Waals surface area contributed by atoms with Crippen molar-refractivity contribution < 1.29 is 14.0 Å². The van der Waals surface area contributed by atoms with Crippen molar-refractivity contribution in [2.75, 3.05) is 13.1 Å². The van der Waals surface area contributed by atoms with Gasteiger partial charge in [-0.25, -0.2) is 9.37 Å². The van der Waals surface area contributed by atoms with Gasteiger partial charge in [0.2, 0.25) is 5.91 Å². The van der Waals surface area contributed by atoms with Crippen molar-refractivity contribution in [3.63, 3.8) is 0 Å². The van der Waals surface area contributed by atoms with E-state index in [-0.39, 0.29) is 23.5 Å². The number of carbonyl (C=O) groups excluding carboxylic acids is 2. The van der Waals surface area contributed by atoms with E-state index in [9.17, 15) is 14.0 Å². The van der Waals surface area contributed by atoms with Crippen LogP contribution in [0.4, 0.5) is 4.39 Å². The third-order valence-corrected chi connectivity index (χ3v) is 6.65. The number of thioether (sulfide) groups is 1. The number of likely N-dealkylation sites (tertiary alicyclic amines) is 1. The Bertz CT molecular complexity index is 909. The Labute approximate surface area is 166 Å². The van der Waals surface area contributed by atoms with Crippen molar-refractivity contribution in [1.29, 1.82) is 0 Å². The molecule has 2 aliphatic rings. The number of amides is 1. The van der Waals surface area contributed by atoms with Gasteiger partial charge < -0.3 is 5.73 Å². The van der Waals surface area contributed by atoms with E-state index in [1.54, 1.807) is 18.2 Å². The highest BCUT2D eigenvalue weighted by atomic mass is 32.2. The highest BCUT2D eigenvalue weighted by Gasteiger charge is 2.44. The Morgan fingerprint density at radius 3 is 2.68 bits per heavy atom. The Hall–Kier alpha value is -2.26. The van der Waals surface area contributed by atoms with E-state index in [0.29, 0.717) is 48.9 Å². The zero-order valence-electron chi connectivity index (χ0n) is 15.5. The fourth-order valence-corrected chi connectivity index (χ4v) is 5.18. The van der Waals surface area contributed by atoms with Crippen LogP contribution in [0.2, 0.25) is 0 Å². The normalized spacial score (nSPS) is 21.6. The zero-order chi connectivity index (χ0) is 19.8. The third kappa shape index (κ3) is 3.33. The van der Waals surface area contributed by atoms with Gasteiger partial charge in [0, 0.05) is 17.9 Å². The van der Waals surface area contributed by atoms with Crippen molar-refractivity contribution in [3.05, 3.63) is 41.5 Å². The summed E-state index contributed by atoms with van der Waals surface area (Å²) in [4.78, 5) is 31.1. The maximum absolute atomic E-state index is 14.7. The molecule has 9 heteroatoms. The van der Waals surface area contributed by atoms with Crippen LogP contribution in [0.25, 0.3) is 0 Å². The standard InChI is InChI=1S/C19H22FN5O2S/c1-2-14-22-19-25(23-14)18(27)16(28-19)15(12-5-3-4-6-13(12)20)24-9-7-11(8-10-24)17(21)26/h3-6,11,15-16H,2,7-10H2,1H3,(H2,21,26). The van der Waals surface area contributed by atoms with Crippen LogP contribution in [0.15, 0.2) is 29.4 Å². The largest absolute Gasteiger partial charge is 0.369 e. The van der Waals surface area contributed by atoms with Gasteiger partial charge in [-0.15, -0.1) is 5.10 Å². The first kappa shape index (κ1) is 19.1. The Balaban J connectivity index is 1.65. The van der Waals surface area contributed by atoms with Crippen LogP contribution >= 0.6 is 11.8 Å². The number of primary amides is 1. The predicted octanol–water partition coefficient (Wildman–Crippen LogP) is 2.03. The molecule has 2 unspecified atom stereocenters. The number of benzene rings is 1. The van der Waals surface area contributed by atoms with Gasteiger partial charge in [-0.05, 0) is 32.0 Å². The van der Waals surface area contributed by atoms with E-state index in [0.717, 1.165) is 0 Å². The predicted molar refractivity (Wildman–Crippen MR) is 102 cm³/mol. The maximum atomic E-state index is 14.7. The average molecular weight is 403 g/mol. The Kier molecular flexibility index (Phi) is 5.20. The van der Waals surface area contributed by atoms with Crippen LogP contribution in [0.5, 0.6) is 0 Å². The van der Waals surface area contributed by atoms with Gasteiger partial charge in [0.05, 0.1) is 6.04 Å². The van der Waals surface area contributed by atoms with Crippen LogP contribution in [0.1, 0.15) is 42.0 Å². The molecule has 1 fully saturated rings. The van der Waals surface area contributed by atoms with Crippen LogP contribution < -0.4 is 5.73 Å². The fraction of sp³-hybridized carbons (Fsp3) is 0.474. The highest BCUT2D eigenvalue weighted by Crippen LogP contribution is 2.42. The molecule has 0 saturated carbocycles. The number of fused-ring (bicyclic) bond motifs is 1. The zero-order valence-corrected chi connectivity index (χ0v) is 16.4. The first-order valence-corrected chi connectivity index (χ1v) is 10.3. The van der Waals surface area contributed by atoms with Gasteiger partial charge in [0.15, 0.2) is 11.0 Å². The lowest BCUT2D eigenvalue weighted by Crippen LogP contribution is -2.45. The summed E-state index contributed by atoms with van der Waals surface area (Å²) >= 11 is 1.33. The lowest BCUT2D eigenvalue weighted by atomic mass is 9.92. The van der Waals surface area contributed by atoms with Crippen molar-refractivity contribution in [2.45, 2.75) is 42.6 Å². The number of nitrogens with two attached hydrogens (primary N) is 1. The van der Waals surface area contributed by atoms with Gasteiger partial charge in [0.25, 0.3) is 5.91 Å². The summed E-state index contributed by atoms with van der Waals surface area (Å²) in [7, 11) is 0. The highest BCUT2D eigenvalue weighted by molar-refractivity contribution is 8.00.